The van der Waals surface area contributed by atoms with E-state index >= 15 is 0 Å². The number of aromatic amines is 1. The first kappa shape index (κ1) is 15.1. The Morgan fingerprint density at radius 1 is 1.04 bits per heavy atom. The summed E-state index contributed by atoms with van der Waals surface area (Å²) in [6, 6.07) is 17.4. The Hall–Kier alpha value is -2.46. The topological polar surface area (TPSA) is 46.0 Å². The second-order valence-electron chi connectivity index (χ2n) is 5.72. The van der Waals surface area contributed by atoms with Crippen LogP contribution in [0.4, 0.5) is 0 Å². The van der Waals surface area contributed by atoms with E-state index in [1.54, 1.807) is 11.8 Å². The summed E-state index contributed by atoms with van der Waals surface area (Å²) in [4.78, 5) is 16.5. The first-order valence-electron chi connectivity index (χ1n) is 7.90. The number of fused-ring (bicyclic) bond motifs is 2. The molecule has 0 aliphatic rings. The highest BCUT2D eigenvalue weighted by Gasteiger charge is 2.19. The van der Waals surface area contributed by atoms with Gasteiger partial charge < -0.3 is 9.40 Å². The number of aryl methyl sites for hydroxylation is 1. The zero-order chi connectivity index (χ0) is 16.5. The first-order chi connectivity index (χ1) is 11.8. The Kier molecular flexibility index (Phi) is 3.90. The number of benzene rings is 2. The molecule has 0 amide bonds. The van der Waals surface area contributed by atoms with Gasteiger partial charge in [0.15, 0.2) is 5.58 Å². The fourth-order valence-electron chi connectivity index (χ4n) is 3.05. The predicted octanol–water partition coefficient (Wildman–Crippen LogP) is 4.85. The standard InChI is InChI=1S/C20H17NO2S/c1-24-12-11-15-20-17(18(21-15)13-7-3-2-4-8-13)19(22)14-9-5-6-10-16(14)23-20/h2-10,21H,11-12H2,1H3. The number of rotatable bonds is 4. The molecule has 2 aromatic carbocycles. The van der Waals surface area contributed by atoms with Gasteiger partial charge in [-0.1, -0.05) is 42.5 Å². The van der Waals surface area contributed by atoms with E-state index in [4.69, 9.17) is 4.42 Å². The lowest BCUT2D eigenvalue weighted by atomic mass is 10.1. The van der Waals surface area contributed by atoms with E-state index in [-0.39, 0.29) is 5.43 Å². The van der Waals surface area contributed by atoms with E-state index in [2.05, 4.69) is 11.2 Å². The molecule has 3 nitrogen and oxygen atoms in total. The Morgan fingerprint density at radius 3 is 2.58 bits per heavy atom. The van der Waals surface area contributed by atoms with Crippen molar-refractivity contribution in [3.8, 4) is 11.3 Å². The molecule has 120 valence electrons. The Balaban J connectivity index is 2.08. The average molecular weight is 335 g/mol. The summed E-state index contributed by atoms with van der Waals surface area (Å²) in [5.41, 5.74) is 4.19. The van der Waals surface area contributed by atoms with Crippen LogP contribution in [-0.2, 0) is 6.42 Å². The van der Waals surface area contributed by atoms with Crippen LogP contribution in [0.2, 0.25) is 0 Å². The van der Waals surface area contributed by atoms with E-state index in [0.29, 0.717) is 21.9 Å². The molecule has 0 aliphatic heterocycles. The molecule has 4 aromatic rings. The minimum absolute atomic E-state index is 0.0253. The summed E-state index contributed by atoms with van der Waals surface area (Å²) in [7, 11) is 0. The fourth-order valence-corrected chi connectivity index (χ4v) is 3.46. The van der Waals surface area contributed by atoms with Crippen molar-refractivity contribution < 1.29 is 4.42 Å². The number of nitrogens with one attached hydrogen (secondary N) is 1. The second-order valence-corrected chi connectivity index (χ2v) is 6.70. The SMILES string of the molecule is CSCCc1[nH]c(-c2ccccc2)c2c(=O)c3ccccc3oc12. The van der Waals surface area contributed by atoms with Crippen molar-refractivity contribution in [2.24, 2.45) is 0 Å². The van der Waals surface area contributed by atoms with Gasteiger partial charge in [-0.3, -0.25) is 4.79 Å². The van der Waals surface area contributed by atoms with Crippen molar-refractivity contribution in [3.05, 3.63) is 70.5 Å². The van der Waals surface area contributed by atoms with E-state index in [9.17, 15) is 4.79 Å². The number of hydrogen-bond acceptors (Lipinski definition) is 3. The molecule has 0 saturated carbocycles. The maximum atomic E-state index is 13.1. The summed E-state index contributed by atoms with van der Waals surface area (Å²) in [6.07, 6.45) is 2.92. The van der Waals surface area contributed by atoms with Crippen LogP contribution in [0.1, 0.15) is 5.69 Å². The van der Waals surface area contributed by atoms with E-state index in [1.807, 2.05) is 54.6 Å². The quantitative estimate of drug-likeness (QED) is 0.580. The number of aromatic nitrogens is 1. The molecular formula is C20H17NO2S. The third kappa shape index (κ3) is 2.43. The first-order valence-corrected chi connectivity index (χ1v) is 9.29. The van der Waals surface area contributed by atoms with Gasteiger partial charge in [0.05, 0.1) is 22.2 Å². The third-order valence-electron chi connectivity index (χ3n) is 4.22. The lowest BCUT2D eigenvalue weighted by Gasteiger charge is -2.00. The molecule has 0 saturated heterocycles. The highest BCUT2D eigenvalue weighted by molar-refractivity contribution is 7.98. The minimum atomic E-state index is 0.0253. The summed E-state index contributed by atoms with van der Waals surface area (Å²) in [5, 5.41) is 1.27. The van der Waals surface area contributed by atoms with Crippen molar-refractivity contribution in [3.63, 3.8) is 0 Å². The van der Waals surface area contributed by atoms with Gasteiger partial charge in [0.2, 0.25) is 5.43 Å². The fraction of sp³-hybridized carbons (Fsp3) is 0.150. The molecule has 0 bridgehead atoms. The monoisotopic (exact) mass is 335 g/mol. The summed E-state index contributed by atoms with van der Waals surface area (Å²) in [5.74, 6) is 0.973. The Bertz CT molecular complexity index is 1060. The van der Waals surface area contributed by atoms with Crippen molar-refractivity contribution in [2.75, 3.05) is 12.0 Å². The van der Waals surface area contributed by atoms with Crippen LogP contribution in [0.3, 0.4) is 0 Å². The van der Waals surface area contributed by atoms with Crippen LogP contribution in [0.25, 0.3) is 33.2 Å². The lowest BCUT2D eigenvalue weighted by molar-refractivity contribution is 0.654. The van der Waals surface area contributed by atoms with Crippen LogP contribution >= 0.6 is 11.8 Å². The maximum Gasteiger partial charge on any atom is 0.202 e. The van der Waals surface area contributed by atoms with Gasteiger partial charge in [0, 0.05) is 6.42 Å². The molecule has 0 spiro atoms. The number of thioether (sulfide) groups is 1. The summed E-state index contributed by atoms with van der Waals surface area (Å²) < 4.78 is 6.12. The Labute approximate surface area is 143 Å². The molecular weight excluding hydrogens is 318 g/mol. The Morgan fingerprint density at radius 2 is 1.79 bits per heavy atom. The maximum absolute atomic E-state index is 13.1. The highest BCUT2D eigenvalue weighted by atomic mass is 32.2. The second kappa shape index (κ2) is 6.21. The zero-order valence-corrected chi connectivity index (χ0v) is 14.2. The number of hydrogen-bond donors (Lipinski definition) is 1. The van der Waals surface area contributed by atoms with Crippen LogP contribution < -0.4 is 5.43 Å². The lowest BCUT2D eigenvalue weighted by Crippen LogP contribution is -2.02. The van der Waals surface area contributed by atoms with Crippen LogP contribution in [0, 0.1) is 0 Å². The van der Waals surface area contributed by atoms with Crippen LogP contribution in [0.5, 0.6) is 0 Å². The van der Waals surface area contributed by atoms with Gasteiger partial charge in [0.1, 0.15) is 5.58 Å². The van der Waals surface area contributed by atoms with E-state index < -0.39 is 0 Å². The third-order valence-corrected chi connectivity index (χ3v) is 4.83. The molecule has 0 unspecified atom stereocenters. The summed E-state index contributed by atoms with van der Waals surface area (Å²) in [6.45, 7) is 0. The van der Waals surface area contributed by atoms with Crippen molar-refractivity contribution in [2.45, 2.75) is 6.42 Å². The molecule has 0 aliphatic carbocycles. The average Bonchev–Trinajstić information content (AvgIpc) is 3.00. The van der Waals surface area contributed by atoms with Gasteiger partial charge in [-0.05, 0) is 29.7 Å². The molecule has 0 atom stereocenters. The molecule has 1 N–H and O–H groups in total. The molecule has 2 heterocycles. The van der Waals surface area contributed by atoms with E-state index in [0.717, 1.165) is 29.1 Å². The highest BCUT2D eigenvalue weighted by Crippen LogP contribution is 2.31. The molecule has 24 heavy (non-hydrogen) atoms. The summed E-state index contributed by atoms with van der Waals surface area (Å²) >= 11 is 1.78. The minimum Gasteiger partial charge on any atom is -0.454 e. The number of H-pyrrole nitrogens is 1. The molecule has 0 radical (unpaired) electrons. The number of para-hydroxylation sites is 1. The van der Waals surface area contributed by atoms with Gasteiger partial charge in [-0.2, -0.15) is 11.8 Å². The van der Waals surface area contributed by atoms with Crippen molar-refractivity contribution in [1.82, 2.24) is 4.98 Å². The van der Waals surface area contributed by atoms with Gasteiger partial charge >= 0.3 is 0 Å². The molecule has 4 heteroatoms. The largest absolute Gasteiger partial charge is 0.454 e. The van der Waals surface area contributed by atoms with E-state index in [1.165, 1.54) is 0 Å². The van der Waals surface area contributed by atoms with Gasteiger partial charge in [-0.25, -0.2) is 0 Å². The van der Waals surface area contributed by atoms with Crippen LogP contribution in [-0.4, -0.2) is 17.0 Å². The molecule has 0 fully saturated rings. The smallest absolute Gasteiger partial charge is 0.202 e. The molecule has 2 aromatic heterocycles. The van der Waals surface area contributed by atoms with Gasteiger partial charge in [-0.15, -0.1) is 0 Å². The zero-order valence-electron chi connectivity index (χ0n) is 13.3. The van der Waals surface area contributed by atoms with Gasteiger partial charge in [0.25, 0.3) is 0 Å². The van der Waals surface area contributed by atoms with Crippen molar-refractivity contribution >= 4 is 33.7 Å². The predicted molar refractivity (Wildman–Crippen MR) is 102 cm³/mol. The van der Waals surface area contributed by atoms with Crippen LogP contribution in [0.15, 0.2) is 63.8 Å². The normalized spacial score (nSPS) is 11.4. The molecule has 4 rings (SSSR count). The van der Waals surface area contributed by atoms with Crippen molar-refractivity contribution in [1.29, 1.82) is 0 Å².